The number of hydrogen-bond donors (Lipinski definition) is 2. The van der Waals surface area contributed by atoms with Crippen molar-refractivity contribution in [2.24, 2.45) is 0 Å². The normalized spacial score (nSPS) is 10.8. The van der Waals surface area contributed by atoms with E-state index in [0.29, 0.717) is 17.3 Å². The quantitative estimate of drug-likeness (QED) is 0.606. The van der Waals surface area contributed by atoms with Gasteiger partial charge in [-0.25, -0.2) is 4.79 Å². The summed E-state index contributed by atoms with van der Waals surface area (Å²) < 4.78 is 4.65. The number of carbonyl (C=O) groups is 1. The summed E-state index contributed by atoms with van der Waals surface area (Å²) in [5.74, 6) is -0.377. The number of rotatable bonds is 6. The lowest BCUT2D eigenvalue weighted by atomic mass is 10.1. The van der Waals surface area contributed by atoms with Gasteiger partial charge in [-0.1, -0.05) is 0 Å². The van der Waals surface area contributed by atoms with Crippen LogP contribution in [-0.2, 0) is 4.74 Å². The maximum absolute atomic E-state index is 11.4. The van der Waals surface area contributed by atoms with Crippen LogP contribution in [0.3, 0.4) is 0 Å². The van der Waals surface area contributed by atoms with Gasteiger partial charge >= 0.3 is 5.97 Å². The first-order valence-corrected chi connectivity index (χ1v) is 6.37. The van der Waals surface area contributed by atoms with Crippen LogP contribution in [0.1, 0.15) is 24.2 Å². The zero-order valence-corrected chi connectivity index (χ0v) is 12.1. The standard InChI is InChI=1S/C14H23N3O2/c1-10(2)17(3)8-7-16-13-6-5-11(9-12(13)15)14(18)19-4/h5-6,9-10,16H,7-8,15H2,1-4H3. The fraction of sp³-hybridized carbons (Fsp3) is 0.500. The molecule has 5 heteroatoms. The van der Waals surface area contributed by atoms with Crippen molar-refractivity contribution in [2.45, 2.75) is 19.9 Å². The zero-order valence-electron chi connectivity index (χ0n) is 12.1. The molecule has 0 aliphatic rings. The number of ether oxygens (including phenoxy) is 1. The molecule has 19 heavy (non-hydrogen) atoms. The Hall–Kier alpha value is -1.75. The summed E-state index contributed by atoms with van der Waals surface area (Å²) >= 11 is 0. The van der Waals surface area contributed by atoms with Gasteiger partial charge in [0.25, 0.3) is 0 Å². The van der Waals surface area contributed by atoms with E-state index in [1.807, 2.05) is 0 Å². The Morgan fingerprint density at radius 3 is 2.68 bits per heavy atom. The minimum absolute atomic E-state index is 0.377. The number of carbonyl (C=O) groups excluding carboxylic acids is 1. The first-order valence-electron chi connectivity index (χ1n) is 6.37. The van der Waals surface area contributed by atoms with Crippen LogP contribution in [0, 0.1) is 0 Å². The molecule has 1 aromatic carbocycles. The number of nitrogens with two attached hydrogens (primary N) is 1. The van der Waals surface area contributed by atoms with Crippen LogP contribution in [0.2, 0.25) is 0 Å². The zero-order chi connectivity index (χ0) is 14.4. The van der Waals surface area contributed by atoms with E-state index in [0.717, 1.165) is 18.8 Å². The Morgan fingerprint density at radius 2 is 2.16 bits per heavy atom. The van der Waals surface area contributed by atoms with Gasteiger partial charge in [0.1, 0.15) is 0 Å². The smallest absolute Gasteiger partial charge is 0.337 e. The van der Waals surface area contributed by atoms with E-state index < -0.39 is 0 Å². The monoisotopic (exact) mass is 265 g/mol. The van der Waals surface area contributed by atoms with E-state index in [-0.39, 0.29) is 5.97 Å². The van der Waals surface area contributed by atoms with Crippen LogP contribution in [-0.4, -0.2) is 44.2 Å². The number of hydrogen-bond acceptors (Lipinski definition) is 5. The number of anilines is 2. The fourth-order valence-electron chi connectivity index (χ4n) is 1.59. The van der Waals surface area contributed by atoms with E-state index in [1.165, 1.54) is 7.11 Å². The van der Waals surface area contributed by atoms with Crippen LogP contribution in [0.5, 0.6) is 0 Å². The second-order valence-corrected chi connectivity index (χ2v) is 4.79. The molecule has 1 aromatic rings. The lowest BCUT2D eigenvalue weighted by molar-refractivity contribution is 0.0601. The maximum atomic E-state index is 11.4. The number of likely N-dealkylation sites (N-methyl/N-ethyl adjacent to an activating group) is 1. The van der Waals surface area contributed by atoms with Gasteiger partial charge in [-0.05, 0) is 39.1 Å². The molecule has 0 fully saturated rings. The molecule has 0 aliphatic carbocycles. The Labute approximate surface area is 114 Å². The SMILES string of the molecule is COC(=O)c1ccc(NCCN(C)C(C)C)c(N)c1. The van der Waals surface area contributed by atoms with E-state index in [2.05, 4.69) is 35.8 Å². The maximum Gasteiger partial charge on any atom is 0.337 e. The Kier molecular flexibility index (Phi) is 5.63. The molecule has 0 aliphatic heterocycles. The molecular weight excluding hydrogens is 242 g/mol. The average molecular weight is 265 g/mol. The highest BCUT2D eigenvalue weighted by molar-refractivity contribution is 5.91. The van der Waals surface area contributed by atoms with Crippen molar-refractivity contribution in [3.63, 3.8) is 0 Å². The van der Waals surface area contributed by atoms with Gasteiger partial charge in [0.2, 0.25) is 0 Å². The minimum Gasteiger partial charge on any atom is -0.465 e. The third-order valence-electron chi connectivity index (χ3n) is 3.13. The Balaban J connectivity index is 2.58. The van der Waals surface area contributed by atoms with Gasteiger partial charge in [0.05, 0.1) is 24.0 Å². The Morgan fingerprint density at radius 1 is 1.47 bits per heavy atom. The van der Waals surface area contributed by atoms with E-state index in [4.69, 9.17) is 5.73 Å². The summed E-state index contributed by atoms with van der Waals surface area (Å²) in [4.78, 5) is 13.6. The second kappa shape index (κ2) is 6.99. The number of nitrogens with zero attached hydrogens (tertiary/aromatic N) is 1. The van der Waals surface area contributed by atoms with Crippen molar-refractivity contribution in [3.05, 3.63) is 23.8 Å². The summed E-state index contributed by atoms with van der Waals surface area (Å²) in [5, 5.41) is 3.26. The third kappa shape index (κ3) is 4.44. The highest BCUT2D eigenvalue weighted by Crippen LogP contribution is 2.20. The van der Waals surface area contributed by atoms with Crippen molar-refractivity contribution in [1.29, 1.82) is 0 Å². The predicted octanol–water partition coefficient (Wildman–Crippen LogP) is 1.81. The lowest BCUT2D eigenvalue weighted by Crippen LogP contribution is -2.31. The van der Waals surface area contributed by atoms with Crippen LogP contribution in [0.4, 0.5) is 11.4 Å². The number of methoxy groups -OCH3 is 1. The van der Waals surface area contributed by atoms with Gasteiger partial charge in [-0.15, -0.1) is 0 Å². The summed E-state index contributed by atoms with van der Waals surface area (Å²) in [6, 6.07) is 5.65. The molecule has 5 nitrogen and oxygen atoms in total. The predicted molar refractivity (Wildman–Crippen MR) is 78.4 cm³/mol. The number of benzene rings is 1. The molecule has 106 valence electrons. The highest BCUT2D eigenvalue weighted by atomic mass is 16.5. The molecular formula is C14H23N3O2. The topological polar surface area (TPSA) is 67.6 Å². The molecule has 0 radical (unpaired) electrons. The highest BCUT2D eigenvalue weighted by Gasteiger charge is 2.08. The molecule has 0 spiro atoms. The molecule has 0 saturated heterocycles. The Bertz CT molecular complexity index is 433. The molecule has 0 unspecified atom stereocenters. The van der Waals surface area contributed by atoms with E-state index in [9.17, 15) is 4.79 Å². The molecule has 3 N–H and O–H groups in total. The number of nitrogens with one attached hydrogen (secondary N) is 1. The van der Waals surface area contributed by atoms with Gasteiger partial charge in [0.15, 0.2) is 0 Å². The van der Waals surface area contributed by atoms with Crippen molar-refractivity contribution in [1.82, 2.24) is 4.90 Å². The largest absolute Gasteiger partial charge is 0.465 e. The number of nitrogen functional groups attached to an aromatic ring is 1. The van der Waals surface area contributed by atoms with Crippen LogP contribution in [0.25, 0.3) is 0 Å². The van der Waals surface area contributed by atoms with Crippen LogP contribution >= 0.6 is 0 Å². The molecule has 0 atom stereocenters. The fourth-order valence-corrected chi connectivity index (χ4v) is 1.59. The molecule has 1 rings (SSSR count). The molecule has 0 heterocycles. The number of esters is 1. The second-order valence-electron chi connectivity index (χ2n) is 4.79. The van der Waals surface area contributed by atoms with Gasteiger partial charge in [-0.2, -0.15) is 0 Å². The third-order valence-corrected chi connectivity index (χ3v) is 3.13. The van der Waals surface area contributed by atoms with Crippen molar-refractivity contribution in [2.75, 3.05) is 38.3 Å². The van der Waals surface area contributed by atoms with Gasteiger partial charge in [-0.3, -0.25) is 0 Å². The van der Waals surface area contributed by atoms with Gasteiger partial charge in [0, 0.05) is 19.1 Å². The van der Waals surface area contributed by atoms with Crippen molar-refractivity contribution in [3.8, 4) is 0 Å². The molecule has 0 amide bonds. The first-order chi connectivity index (χ1) is 8.95. The molecule has 0 aromatic heterocycles. The van der Waals surface area contributed by atoms with Crippen LogP contribution < -0.4 is 11.1 Å². The lowest BCUT2D eigenvalue weighted by Gasteiger charge is -2.21. The van der Waals surface area contributed by atoms with E-state index >= 15 is 0 Å². The summed E-state index contributed by atoms with van der Waals surface area (Å²) in [6.45, 7) is 6.03. The first kappa shape index (κ1) is 15.3. The minimum atomic E-state index is -0.377. The summed E-state index contributed by atoms with van der Waals surface area (Å²) in [6.07, 6.45) is 0. The molecule has 0 saturated carbocycles. The van der Waals surface area contributed by atoms with Crippen molar-refractivity contribution >= 4 is 17.3 Å². The van der Waals surface area contributed by atoms with Gasteiger partial charge < -0.3 is 20.7 Å². The summed E-state index contributed by atoms with van der Waals surface area (Å²) in [5.41, 5.74) is 7.76. The average Bonchev–Trinajstić information content (AvgIpc) is 2.39. The van der Waals surface area contributed by atoms with Crippen LogP contribution in [0.15, 0.2) is 18.2 Å². The molecule has 0 bridgehead atoms. The summed E-state index contributed by atoms with van der Waals surface area (Å²) in [7, 11) is 3.43. The van der Waals surface area contributed by atoms with E-state index in [1.54, 1.807) is 18.2 Å². The van der Waals surface area contributed by atoms with Crippen molar-refractivity contribution < 1.29 is 9.53 Å².